The van der Waals surface area contributed by atoms with Gasteiger partial charge in [-0.25, -0.2) is 0 Å². The summed E-state index contributed by atoms with van der Waals surface area (Å²) in [6.45, 7) is 18.2. The van der Waals surface area contributed by atoms with Crippen molar-refractivity contribution in [2.45, 2.75) is 83.6 Å². The van der Waals surface area contributed by atoms with Gasteiger partial charge in [0, 0.05) is 18.8 Å². The third-order valence-electron chi connectivity index (χ3n) is 10.5. The van der Waals surface area contributed by atoms with E-state index in [1.54, 1.807) is 32.9 Å². The molecule has 10 heteroatoms. The summed E-state index contributed by atoms with van der Waals surface area (Å²) < 4.78 is 12.7. The summed E-state index contributed by atoms with van der Waals surface area (Å²) in [7, 11) is 0. The molecule has 0 saturated carbocycles. The molecular weight excluding hydrogens is 642 g/mol. The van der Waals surface area contributed by atoms with Crippen LogP contribution in [0.1, 0.15) is 58.9 Å². The lowest BCUT2D eigenvalue weighted by atomic mass is 9.64. The van der Waals surface area contributed by atoms with Crippen LogP contribution < -0.4 is 14.5 Å². The number of fused-ring (bicyclic) bond motifs is 1. The maximum Gasteiger partial charge on any atom is 0.253 e. The number of amides is 3. The molecule has 3 heterocycles. The molecule has 1 spiro atoms. The molecule has 0 radical (unpaired) electrons. The Labute approximate surface area is 295 Å². The topological polar surface area (TPSA) is 99.6 Å². The van der Waals surface area contributed by atoms with Gasteiger partial charge < -0.3 is 29.3 Å². The van der Waals surface area contributed by atoms with Crippen LogP contribution in [0.2, 0.25) is 5.02 Å². The number of anilines is 2. The third-order valence-corrected chi connectivity index (χ3v) is 10.8. The number of aliphatic hydroxyl groups excluding tert-OH is 1. The second-order valence-corrected chi connectivity index (χ2v) is 14.3. The first-order valence-electron chi connectivity index (χ1n) is 17.4. The van der Waals surface area contributed by atoms with Gasteiger partial charge in [-0.1, -0.05) is 56.7 Å². The van der Waals surface area contributed by atoms with Crippen molar-refractivity contribution in [3.63, 3.8) is 0 Å². The fourth-order valence-corrected chi connectivity index (χ4v) is 8.89. The minimum atomic E-state index is -1.29. The van der Waals surface area contributed by atoms with E-state index in [1.807, 2.05) is 71.0 Å². The average Bonchev–Trinajstić information content (AvgIpc) is 3.69. The van der Waals surface area contributed by atoms with Gasteiger partial charge in [-0.2, -0.15) is 0 Å². The van der Waals surface area contributed by atoms with Crippen molar-refractivity contribution in [3.05, 3.63) is 78.4 Å². The predicted octanol–water partition coefficient (Wildman–Crippen LogP) is 6.35. The second-order valence-electron chi connectivity index (χ2n) is 13.9. The van der Waals surface area contributed by atoms with E-state index in [1.165, 1.54) is 0 Å². The number of aliphatic hydroxyl groups is 1. The molecule has 3 saturated heterocycles. The molecule has 9 nitrogen and oxygen atoms in total. The number of aryl methyl sites for hydroxylation is 1. The second kappa shape index (κ2) is 14.7. The quantitative estimate of drug-likeness (QED) is 0.219. The van der Waals surface area contributed by atoms with Gasteiger partial charge in [0.2, 0.25) is 11.8 Å². The van der Waals surface area contributed by atoms with Crippen molar-refractivity contribution in [2.24, 2.45) is 17.8 Å². The summed E-state index contributed by atoms with van der Waals surface area (Å²) >= 11 is 6.74. The number of benzene rings is 2. The van der Waals surface area contributed by atoms with Gasteiger partial charge in [0.1, 0.15) is 17.4 Å². The van der Waals surface area contributed by atoms with Gasteiger partial charge in [-0.05, 0) is 81.3 Å². The number of halogens is 1. The standard InChI is InChI=1S/C39H50ClN3O6/c1-8-21-41(27-15-17-29(18-16-27)48-11-4)35(45)31-32-36(46)43(28(24-44)23-25(5)6)34(39(32)20-19-38(31,10-3)49-39)37(47)42(22-9-2)33-26(7)13-12-14-30(33)40/h8-9,12-18,25,28,31-32,34,44H,1-2,10-11,19-24H2,3-7H3/t28-,31-,32+,34?,38+,39?/m1/s1. The zero-order valence-corrected chi connectivity index (χ0v) is 30.1. The molecule has 2 aromatic carbocycles. The highest BCUT2D eigenvalue weighted by Crippen LogP contribution is 2.65. The number of ether oxygens (including phenoxy) is 2. The monoisotopic (exact) mass is 691 g/mol. The zero-order chi connectivity index (χ0) is 35.7. The summed E-state index contributed by atoms with van der Waals surface area (Å²) in [5, 5.41) is 11.2. The first kappa shape index (κ1) is 36.6. The Morgan fingerprint density at radius 2 is 1.76 bits per heavy atom. The van der Waals surface area contributed by atoms with Crippen LogP contribution in [0.3, 0.4) is 0 Å². The molecule has 3 aliphatic rings. The van der Waals surface area contributed by atoms with Gasteiger partial charge in [0.05, 0.1) is 47.4 Å². The maximum absolute atomic E-state index is 15.2. The van der Waals surface area contributed by atoms with Crippen molar-refractivity contribution in [1.82, 2.24) is 4.90 Å². The minimum Gasteiger partial charge on any atom is -0.494 e. The molecule has 0 aliphatic carbocycles. The molecule has 3 amide bonds. The fourth-order valence-electron chi connectivity index (χ4n) is 8.57. The molecule has 2 bridgehead atoms. The highest BCUT2D eigenvalue weighted by atomic mass is 35.5. The van der Waals surface area contributed by atoms with Crippen LogP contribution in [-0.4, -0.2) is 77.3 Å². The van der Waals surface area contributed by atoms with Crippen molar-refractivity contribution >= 4 is 40.7 Å². The van der Waals surface area contributed by atoms with Gasteiger partial charge in [-0.3, -0.25) is 14.4 Å². The van der Waals surface area contributed by atoms with Crippen LogP contribution in [0, 0.1) is 24.7 Å². The first-order valence-corrected chi connectivity index (χ1v) is 17.8. The Balaban J connectivity index is 1.66. The van der Waals surface area contributed by atoms with E-state index < -0.39 is 35.1 Å². The largest absolute Gasteiger partial charge is 0.494 e. The number of hydrogen-bond acceptors (Lipinski definition) is 6. The molecular formula is C39H50ClN3O6. The summed E-state index contributed by atoms with van der Waals surface area (Å²) in [6.07, 6.45) is 5.17. The van der Waals surface area contributed by atoms with E-state index >= 15 is 9.59 Å². The Morgan fingerprint density at radius 1 is 1.08 bits per heavy atom. The number of carbonyl (C=O) groups excluding carboxylic acids is 3. The van der Waals surface area contributed by atoms with E-state index in [-0.39, 0.29) is 43.3 Å². The lowest BCUT2D eigenvalue weighted by Gasteiger charge is -2.40. The van der Waals surface area contributed by atoms with Crippen LogP contribution in [0.4, 0.5) is 11.4 Å². The normalized spacial score (nSPS) is 26.1. The number of para-hydroxylation sites is 1. The van der Waals surface area contributed by atoms with Gasteiger partial charge in [0.15, 0.2) is 0 Å². The molecule has 264 valence electrons. The van der Waals surface area contributed by atoms with E-state index in [0.717, 1.165) is 5.56 Å². The van der Waals surface area contributed by atoms with Crippen molar-refractivity contribution in [1.29, 1.82) is 0 Å². The number of likely N-dealkylation sites (tertiary alicyclic amines) is 1. The van der Waals surface area contributed by atoms with Crippen molar-refractivity contribution in [2.75, 3.05) is 36.1 Å². The third kappa shape index (κ3) is 6.19. The van der Waals surface area contributed by atoms with Crippen LogP contribution in [0.25, 0.3) is 0 Å². The van der Waals surface area contributed by atoms with E-state index in [9.17, 15) is 9.90 Å². The highest BCUT2D eigenvalue weighted by Gasteiger charge is 2.79. The van der Waals surface area contributed by atoms with Gasteiger partial charge >= 0.3 is 0 Å². The van der Waals surface area contributed by atoms with E-state index in [0.29, 0.717) is 54.4 Å². The van der Waals surface area contributed by atoms with Crippen LogP contribution in [0.5, 0.6) is 5.75 Å². The van der Waals surface area contributed by atoms with E-state index in [2.05, 4.69) is 13.2 Å². The van der Waals surface area contributed by atoms with Crippen LogP contribution in [0.15, 0.2) is 67.8 Å². The Morgan fingerprint density at radius 3 is 2.33 bits per heavy atom. The minimum absolute atomic E-state index is 0.119. The molecule has 0 aromatic heterocycles. The van der Waals surface area contributed by atoms with Crippen molar-refractivity contribution in [3.8, 4) is 5.75 Å². The lowest BCUT2D eigenvalue weighted by molar-refractivity contribution is -0.149. The number of carbonyl (C=O) groups is 3. The van der Waals surface area contributed by atoms with Crippen LogP contribution in [-0.2, 0) is 19.1 Å². The van der Waals surface area contributed by atoms with Crippen molar-refractivity contribution < 1.29 is 29.0 Å². The SMILES string of the molecule is C=CCN(C(=O)[C@H]1[C@H]2C(=O)N([C@@H](CO)CC(C)C)C(C(=O)N(CC=C)c3c(C)cccc3Cl)C23CC[C@]1(CC)O3)c1ccc(OCC)cc1. The Hall–Kier alpha value is -3.66. The fraction of sp³-hybridized carbons (Fsp3) is 0.513. The summed E-state index contributed by atoms with van der Waals surface area (Å²) in [6, 6.07) is 11.0. The average molecular weight is 692 g/mol. The predicted molar refractivity (Wildman–Crippen MR) is 193 cm³/mol. The molecule has 3 aliphatic heterocycles. The molecule has 5 rings (SSSR count). The van der Waals surface area contributed by atoms with Gasteiger partial charge in [-0.15, -0.1) is 13.2 Å². The number of hydrogen-bond donors (Lipinski definition) is 1. The molecule has 2 aromatic rings. The smallest absolute Gasteiger partial charge is 0.253 e. The molecule has 2 unspecified atom stereocenters. The lowest BCUT2D eigenvalue weighted by Crippen LogP contribution is -2.59. The summed E-state index contributed by atoms with van der Waals surface area (Å²) in [5.41, 5.74) is -0.279. The first-order chi connectivity index (χ1) is 23.4. The highest BCUT2D eigenvalue weighted by molar-refractivity contribution is 6.34. The maximum atomic E-state index is 15.2. The summed E-state index contributed by atoms with van der Waals surface area (Å²) in [4.78, 5) is 49.9. The van der Waals surface area contributed by atoms with Gasteiger partial charge in [0.25, 0.3) is 5.91 Å². The Bertz CT molecular complexity index is 1560. The number of rotatable bonds is 15. The number of nitrogens with zero attached hydrogens (tertiary/aromatic N) is 3. The van der Waals surface area contributed by atoms with Crippen LogP contribution >= 0.6 is 11.6 Å². The molecule has 1 N–H and O–H groups in total. The molecule has 6 atom stereocenters. The Kier molecular flexibility index (Phi) is 11.0. The zero-order valence-electron chi connectivity index (χ0n) is 29.4. The molecule has 3 fully saturated rings. The van der Waals surface area contributed by atoms with E-state index in [4.69, 9.17) is 21.1 Å². The molecule has 49 heavy (non-hydrogen) atoms. The summed E-state index contributed by atoms with van der Waals surface area (Å²) in [5.74, 6) is -1.96.